The highest BCUT2D eigenvalue weighted by molar-refractivity contribution is 6.33. The van der Waals surface area contributed by atoms with Gasteiger partial charge in [-0.25, -0.2) is 4.79 Å². The monoisotopic (exact) mass is 253 g/mol. The predicted molar refractivity (Wildman–Crippen MR) is 62.8 cm³/mol. The van der Waals surface area contributed by atoms with Crippen LogP contribution in [0.15, 0.2) is 29.0 Å². The van der Waals surface area contributed by atoms with Crippen LogP contribution >= 0.6 is 11.6 Å². The average Bonchev–Trinajstić information content (AvgIpc) is 2.30. The van der Waals surface area contributed by atoms with Gasteiger partial charge in [0.2, 0.25) is 0 Å². The molecule has 17 heavy (non-hydrogen) atoms. The summed E-state index contributed by atoms with van der Waals surface area (Å²) in [5.74, 6) is -0.923. The summed E-state index contributed by atoms with van der Waals surface area (Å²) in [5.41, 5.74) is 8.19. The molecule has 0 spiro atoms. The van der Waals surface area contributed by atoms with Crippen LogP contribution in [0.4, 0.5) is 0 Å². The lowest BCUT2D eigenvalue weighted by Crippen LogP contribution is -1.97. The smallest absolute Gasteiger partial charge is 0.338 e. The molecule has 1 N–H and O–H groups in total. The molecule has 0 heterocycles. The van der Waals surface area contributed by atoms with Gasteiger partial charge in [-0.3, -0.25) is 0 Å². The largest absolute Gasteiger partial charge is 0.495 e. The number of methoxy groups -OCH3 is 1. The van der Waals surface area contributed by atoms with E-state index in [1.54, 1.807) is 18.2 Å². The Morgan fingerprint density at radius 3 is 2.88 bits per heavy atom. The fourth-order valence-electron chi connectivity index (χ4n) is 1.13. The zero-order valence-corrected chi connectivity index (χ0v) is 9.55. The second-order valence-corrected chi connectivity index (χ2v) is 3.27. The summed E-state index contributed by atoms with van der Waals surface area (Å²) in [6.07, 6.45) is 1.17. The number of benzene rings is 1. The van der Waals surface area contributed by atoms with Gasteiger partial charge in [0.05, 0.1) is 12.1 Å². The van der Waals surface area contributed by atoms with Crippen molar-refractivity contribution >= 4 is 23.6 Å². The fourth-order valence-corrected chi connectivity index (χ4v) is 1.38. The molecule has 0 bridgehead atoms. The second-order valence-electron chi connectivity index (χ2n) is 2.89. The normalized spacial score (nSPS) is 10.6. The highest BCUT2D eigenvalue weighted by Crippen LogP contribution is 2.29. The van der Waals surface area contributed by atoms with Crippen LogP contribution in [0, 0.1) is 0 Å². The number of carboxylic acid groups (broad SMARTS) is 1. The third-order valence-electron chi connectivity index (χ3n) is 1.88. The van der Waals surface area contributed by atoms with Gasteiger partial charge < -0.3 is 9.84 Å². The number of hydrogen-bond donors (Lipinski definition) is 1. The fraction of sp³-hybridized carbons (Fsp3) is 0.100. The number of ether oxygens (including phenoxy) is 1. The van der Waals surface area contributed by atoms with Crippen molar-refractivity contribution in [1.82, 2.24) is 0 Å². The van der Waals surface area contributed by atoms with Crippen LogP contribution < -0.4 is 4.74 Å². The van der Waals surface area contributed by atoms with Crippen molar-refractivity contribution in [1.29, 1.82) is 0 Å². The molecule has 88 valence electrons. The Balaban J connectivity index is 3.29. The molecule has 1 aromatic carbocycles. The number of rotatable bonds is 4. The molecule has 0 aromatic heterocycles. The maximum absolute atomic E-state index is 10.8. The molecule has 1 rings (SSSR count). The number of halogens is 1. The van der Waals surface area contributed by atoms with Crippen LogP contribution in [0.3, 0.4) is 0 Å². The Morgan fingerprint density at radius 2 is 2.35 bits per heavy atom. The number of azide groups is 1. The van der Waals surface area contributed by atoms with E-state index in [-0.39, 0.29) is 5.02 Å². The predicted octanol–water partition coefficient (Wildman–Crippen LogP) is 3.08. The van der Waals surface area contributed by atoms with E-state index in [1.807, 2.05) is 0 Å². The standard InChI is InChI=1S/C10H8ClN3O3/c1-17-8-4-2-3-6(9(8)11)5-7(10(15)16)13-14-12/h2-5H,1H3,(H,15,16)/b7-5-. The minimum Gasteiger partial charge on any atom is -0.495 e. The summed E-state index contributed by atoms with van der Waals surface area (Å²) in [5, 5.41) is 12.1. The molecule has 0 amide bonds. The molecule has 0 radical (unpaired) electrons. The Labute approximate surface area is 102 Å². The molecule has 1 aromatic rings. The van der Waals surface area contributed by atoms with Crippen LogP contribution in [0.2, 0.25) is 5.02 Å². The zero-order valence-electron chi connectivity index (χ0n) is 8.79. The summed E-state index contributed by atoms with van der Waals surface area (Å²) in [6, 6.07) is 4.86. The molecule has 0 saturated carbocycles. The van der Waals surface area contributed by atoms with Crippen molar-refractivity contribution in [3.8, 4) is 5.75 Å². The van der Waals surface area contributed by atoms with E-state index in [4.69, 9.17) is 27.0 Å². The maximum Gasteiger partial charge on any atom is 0.338 e. The third-order valence-corrected chi connectivity index (χ3v) is 2.28. The minimum atomic E-state index is -1.33. The van der Waals surface area contributed by atoms with E-state index in [2.05, 4.69) is 10.0 Å². The minimum absolute atomic E-state index is 0.252. The summed E-state index contributed by atoms with van der Waals surface area (Å²) in [7, 11) is 1.44. The lowest BCUT2D eigenvalue weighted by molar-refractivity contribution is -0.132. The van der Waals surface area contributed by atoms with Gasteiger partial charge in [-0.1, -0.05) is 28.8 Å². The van der Waals surface area contributed by atoms with Crippen LogP contribution in [-0.4, -0.2) is 18.2 Å². The van der Waals surface area contributed by atoms with Crippen molar-refractivity contribution in [2.24, 2.45) is 5.11 Å². The topological polar surface area (TPSA) is 95.3 Å². The lowest BCUT2D eigenvalue weighted by atomic mass is 10.2. The highest BCUT2D eigenvalue weighted by atomic mass is 35.5. The highest BCUT2D eigenvalue weighted by Gasteiger charge is 2.09. The Bertz CT molecular complexity index is 518. The van der Waals surface area contributed by atoms with E-state index in [1.165, 1.54) is 13.2 Å². The van der Waals surface area contributed by atoms with Crippen molar-refractivity contribution in [2.75, 3.05) is 7.11 Å². The molecule has 0 saturated heterocycles. The van der Waals surface area contributed by atoms with Crippen molar-refractivity contribution in [3.05, 3.63) is 44.9 Å². The Morgan fingerprint density at radius 1 is 1.65 bits per heavy atom. The van der Waals surface area contributed by atoms with Crippen LogP contribution in [0.5, 0.6) is 5.75 Å². The average molecular weight is 254 g/mol. The first-order valence-electron chi connectivity index (χ1n) is 4.42. The lowest BCUT2D eigenvalue weighted by Gasteiger charge is -2.05. The number of aliphatic carboxylic acids is 1. The van der Waals surface area contributed by atoms with E-state index in [9.17, 15) is 4.79 Å². The van der Waals surface area contributed by atoms with E-state index < -0.39 is 11.7 Å². The molecular formula is C10H8ClN3O3. The summed E-state index contributed by atoms with van der Waals surface area (Å²) >= 11 is 5.96. The van der Waals surface area contributed by atoms with E-state index in [0.29, 0.717) is 11.3 Å². The SMILES string of the molecule is COc1cccc(/C=C(\N=[N+]=[N-])C(=O)O)c1Cl. The molecule has 0 aliphatic rings. The summed E-state index contributed by atoms with van der Waals surface area (Å²) in [6.45, 7) is 0. The van der Waals surface area contributed by atoms with Gasteiger partial charge in [0.25, 0.3) is 0 Å². The summed E-state index contributed by atoms with van der Waals surface area (Å²) in [4.78, 5) is 13.2. The molecule has 0 unspecified atom stereocenters. The van der Waals surface area contributed by atoms with Crippen LogP contribution in [0.1, 0.15) is 5.56 Å². The van der Waals surface area contributed by atoms with Gasteiger partial charge in [0.15, 0.2) is 0 Å². The van der Waals surface area contributed by atoms with Crippen molar-refractivity contribution < 1.29 is 14.6 Å². The van der Waals surface area contributed by atoms with Gasteiger partial charge in [-0.15, -0.1) is 0 Å². The zero-order chi connectivity index (χ0) is 12.8. The van der Waals surface area contributed by atoms with Crippen molar-refractivity contribution in [2.45, 2.75) is 0 Å². The number of carbonyl (C=O) groups is 1. The van der Waals surface area contributed by atoms with Crippen LogP contribution in [0.25, 0.3) is 16.5 Å². The van der Waals surface area contributed by atoms with Gasteiger partial charge >= 0.3 is 5.97 Å². The Hall–Kier alpha value is -2.17. The molecule has 0 fully saturated rings. The van der Waals surface area contributed by atoms with Gasteiger partial charge in [0.1, 0.15) is 11.4 Å². The number of hydrogen-bond acceptors (Lipinski definition) is 3. The molecule has 7 heteroatoms. The molecule has 6 nitrogen and oxygen atoms in total. The third kappa shape index (κ3) is 3.14. The molecular weight excluding hydrogens is 246 g/mol. The van der Waals surface area contributed by atoms with E-state index >= 15 is 0 Å². The van der Waals surface area contributed by atoms with Crippen LogP contribution in [-0.2, 0) is 4.79 Å². The first kappa shape index (κ1) is 12.9. The second kappa shape index (κ2) is 5.79. The first-order chi connectivity index (χ1) is 8.10. The molecule has 0 aliphatic carbocycles. The maximum atomic E-state index is 10.8. The Kier molecular flexibility index (Phi) is 4.39. The first-order valence-corrected chi connectivity index (χ1v) is 4.80. The summed E-state index contributed by atoms with van der Waals surface area (Å²) < 4.78 is 4.98. The molecule has 0 atom stereocenters. The van der Waals surface area contributed by atoms with Gasteiger partial charge in [-0.2, -0.15) is 0 Å². The van der Waals surface area contributed by atoms with Gasteiger partial charge in [0, 0.05) is 4.91 Å². The number of nitrogens with zero attached hydrogens (tertiary/aromatic N) is 3. The van der Waals surface area contributed by atoms with Gasteiger partial charge in [-0.05, 0) is 23.2 Å². The van der Waals surface area contributed by atoms with Crippen molar-refractivity contribution in [3.63, 3.8) is 0 Å². The number of carboxylic acids is 1. The molecule has 0 aliphatic heterocycles. The quantitative estimate of drug-likeness (QED) is 0.386. The van der Waals surface area contributed by atoms with E-state index in [0.717, 1.165) is 0 Å².